The molecule has 0 fully saturated rings. The van der Waals surface area contributed by atoms with Gasteiger partial charge in [-0.1, -0.05) is 23.7 Å². The molecule has 200 valence electrons. The SMILES string of the molecule is Cc1nc2cc(C(F)F)c(C(F)F)c(C#N)c2c(=O)n1CCOc1ccc(Cl)cc1-c1cccc(C(=O)O)c1. The predicted molar refractivity (Wildman–Crippen MR) is 135 cm³/mol. The molecular weight excluding hydrogens is 542 g/mol. The van der Waals surface area contributed by atoms with Gasteiger partial charge in [0.25, 0.3) is 18.4 Å². The van der Waals surface area contributed by atoms with E-state index < -0.39 is 46.5 Å². The number of nitriles is 1. The van der Waals surface area contributed by atoms with Gasteiger partial charge in [0.1, 0.15) is 24.3 Å². The highest BCUT2D eigenvalue weighted by molar-refractivity contribution is 6.31. The number of aryl methyl sites for hydroxylation is 1. The highest BCUT2D eigenvalue weighted by Gasteiger charge is 2.28. The number of rotatable bonds is 8. The van der Waals surface area contributed by atoms with Crippen LogP contribution in [0.15, 0.2) is 53.3 Å². The topological polar surface area (TPSA) is 105 Å². The Morgan fingerprint density at radius 1 is 1.15 bits per heavy atom. The monoisotopic (exact) mass is 559 g/mol. The van der Waals surface area contributed by atoms with Gasteiger partial charge in [-0.25, -0.2) is 27.3 Å². The van der Waals surface area contributed by atoms with Crippen molar-refractivity contribution in [2.75, 3.05) is 6.61 Å². The van der Waals surface area contributed by atoms with Crippen LogP contribution in [0.25, 0.3) is 22.0 Å². The quantitative estimate of drug-likeness (QED) is 0.245. The van der Waals surface area contributed by atoms with Crippen LogP contribution in [0, 0.1) is 18.3 Å². The number of carbonyl (C=O) groups is 1. The fourth-order valence-corrected chi connectivity index (χ4v) is 4.41. The first-order valence-corrected chi connectivity index (χ1v) is 11.7. The average molecular weight is 560 g/mol. The van der Waals surface area contributed by atoms with Crippen molar-refractivity contribution in [2.45, 2.75) is 26.3 Å². The first-order valence-electron chi connectivity index (χ1n) is 11.3. The van der Waals surface area contributed by atoms with E-state index in [0.717, 1.165) is 4.57 Å². The van der Waals surface area contributed by atoms with Gasteiger partial charge in [0.15, 0.2) is 0 Å². The molecule has 39 heavy (non-hydrogen) atoms. The van der Waals surface area contributed by atoms with Crippen LogP contribution < -0.4 is 10.3 Å². The van der Waals surface area contributed by atoms with Gasteiger partial charge in [0, 0.05) is 21.7 Å². The van der Waals surface area contributed by atoms with Crippen LogP contribution >= 0.6 is 11.6 Å². The standard InChI is InChI=1S/C27H18ClF4N3O4/c1-13-34-20-11-18(24(29)30)22(25(31)32)19(12-33)23(20)26(36)35(13)7-8-39-21-6-5-16(28)10-17(21)14-3-2-4-15(9-14)27(37)38/h2-6,9-11,24-25H,7-8H2,1H3,(H,37,38). The van der Waals surface area contributed by atoms with Crippen LogP contribution in [0.3, 0.4) is 0 Å². The third kappa shape index (κ3) is 5.42. The highest BCUT2D eigenvalue weighted by Crippen LogP contribution is 2.36. The second kappa shape index (κ2) is 11.1. The van der Waals surface area contributed by atoms with Crippen LogP contribution in [0.1, 0.15) is 45.7 Å². The Morgan fingerprint density at radius 3 is 2.54 bits per heavy atom. The summed E-state index contributed by atoms with van der Waals surface area (Å²) in [4.78, 5) is 28.8. The number of alkyl halides is 4. The molecule has 0 spiro atoms. The molecule has 0 aliphatic heterocycles. The van der Waals surface area contributed by atoms with Crippen molar-refractivity contribution in [1.82, 2.24) is 9.55 Å². The number of hydrogen-bond donors (Lipinski definition) is 1. The van der Waals surface area contributed by atoms with Crippen LogP contribution in [-0.2, 0) is 6.54 Å². The van der Waals surface area contributed by atoms with E-state index in [1.54, 1.807) is 30.3 Å². The Kier molecular flexibility index (Phi) is 7.88. The van der Waals surface area contributed by atoms with E-state index in [0.29, 0.717) is 28.0 Å². The Balaban J connectivity index is 1.71. The fourth-order valence-electron chi connectivity index (χ4n) is 4.24. The van der Waals surface area contributed by atoms with E-state index in [9.17, 15) is 37.5 Å². The molecule has 0 unspecified atom stereocenters. The van der Waals surface area contributed by atoms with Crippen LogP contribution in [0.4, 0.5) is 17.6 Å². The van der Waals surface area contributed by atoms with Crippen LogP contribution in [0.5, 0.6) is 5.75 Å². The maximum atomic E-state index is 13.7. The minimum Gasteiger partial charge on any atom is -0.491 e. The molecule has 1 N–H and O–H groups in total. The molecule has 0 radical (unpaired) electrons. The summed E-state index contributed by atoms with van der Waals surface area (Å²) in [6.45, 7) is 1.18. The Hall–Kier alpha value is -4.43. The number of halogens is 5. The lowest BCUT2D eigenvalue weighted by Gasteiger charge is -2.17. The maximum absolute atomic E-state index is 13.7. The van der Waals surface area contributed by atoms with Crippen molar-refractivity contribution in [3.05, 3.63) is 92.0 Å². The van der Waals surface area contributed by atoms with Gasteiger partial charge in [0.05, 0.1) is 28.6 Å². The number of carboxylic acids is 1. The number of benzene rings is 3. The van der Waals surface area contributed by atoms with Gasteiger partial charge in [0.2, 0.25) is 0 Å². The van der Waals surface area contributed by atoms with Gasteiger partial charge in [-0.05, 0) is 48.9 Å². The lowest BCUT2D eigenvalue weighted by atomic mass is 9.97. The molecule has 12 heteroatoms. The van der Waals surface area contributed by atoms with E-state index in [1.165, 1.54) is 25.1 Å². The van der Waals surface area contributed by atoms with E-state index in [-0.39, 0.29) is 30.1 Å². The van der Waals surface area contributed by atoms with Crippen LogP contribution in [0.2, 0.25) is 5.02 Å². The van der Waals surface area contributed by atoms with E-state index in [4.69, 9.17) is 16.3 Å². The predicted octanol–water partition coefficient (Wildman–Crippen LogP) is 6.55. The number of aromatic nitrogens is 2. The molecule has 3 aromatic carbocycles. The summed E-state index contributed by atoms with van der Waals surface area (Å²) in [6.07, 6.45) is -6.71. The summed E-state index contributed by atoms with van der Waals surface area (Å²) in [5.74, 6) is -0.705. The third-order valence-electron chi connectivity index (χ3n) is 6.01. The fraction of sp³-hybridized carbons (Fsp3) is 0.185. The number of fused-ring (bicyclic) bond motifs is 1. The van der Waals surface area contributed by atoms with E-state index >= 15 is 0 Å². The number of nitrogens with zero attached hydrogens (tertiary/aromatic N) is 3. The molecular formula is C27H18ClF4N3O4. The molecule has 1 heterocycles. The van der Waals surface area contributed by atoms with E-state index in [1.807, 2.05) is 0 Å². The van der Waals surface area contributed by atoms with Crippen molar-refractivity contribution in [3.63, 3.8) is 0 Å². The molecule has 0 aliphatic carbocycles. The first kappa shape index (κ1) is 27.6. The molecule has 0 saturated heterocycles. The highest BCUT2D eigenvalue weighted by atomic mass is 35.5. The number of carboxylic acid groups (broad SMARTS) is 1. The lowest BCUT2D eigenvalue weighted by Crippen LogP contribution is -2.27. The molecule has 1 aromatic heterocycles. The number of aromatic carboxylic acids is 1. The van der Waals surface area contributed by atoms with Crippen molar-refractivity contribution in [2.24, 2.45) is 0 Å². The summed E-state index contributed by atoms with van der Waals surface area (Å²) in [5.41, 5.74) is -3.18. The summed E-state index contributed by atoms with van der Waals surface area (Å²) >= 11 is 6.14. The molecule has 4 rings (SSSR count). The summed E-state index contributed by atoms with van der Waals surface area (Å²) < 4.78 is 61.2. The lowest BCUT2D eigenvalue weighted by molar-refractivity contribution is 0.0697. The summed E-state index contributed by atoms with van der Waals surface area (Å²) in [7, 11) is 0. The van der Waals surface area contributed by atoms with Crippen molar-refractivity contribution < 1.29 is 32.2 Å². The number of hydrogen-bond acceptors (Lipinski definition) is 5. The van der Waals surface area contributed by atoms with Gasteiger partial charge < -0.3 is 9.84 Å². The zero-order valence-corrected chi connectivity index (χ0v) is 20.8. The Bertz CT molecular complexity index is 1700. The molecule has 7 nitrogen and oxygen atoms in total. The van der Waals surface area contributed by atoms with Gasteiger partial charge >= 0.3 is 5.97 Å². The second-order valence-electron chi connectivity index (χ2n) is 8.35. The summed E-state index contributed by atoms with van der Waals surface area (Å²) in [5, 5.41) is 18.7. The normalized spacial score (nSPS) is 11.3. The molecule has 0 atom stereocenters. The van der Waals surface area contributed by atoms with Crippen LogP contribution in [-0.4, -0.2) is 27.2 Å². The van der Waals surface area contributed by atoms with Crippen molar-refractivity contribution in [3.8, 4) is 22.9 Å². The Labute approximate surface area is 223 Å². The molecule has 0 bridgehead atoms. The first-order chi connectivity index (χ1) is 18.5. The minimum absolute atomic E-state index is 0.0503. The molecule has 0 amide bonds. The van der Waals surface area contributed by atoms with Gasteiger partial charge in [-0.15, -0.1) is 0 Å². The largest absolute Gasteiger partial charge is 0.491 e. The maximum Gasteiger partial charge on any atom is 0.335 e. The summed E-state index contributed by atoms with van der Waals surface area (Å²) in [6, 6.07) is 13.0. The van der Waals surface area contributed by atoms with Gasteiger partial charge in [-0.2, -0.15) is 5.26 Å². The zero-order valence-electron chi connectivity index (χ0n) is 20.1. The second-order valence-corrected chi connectivity index (χ2v) is 8.79. The van der Waals surface area contributed by atoms with Crippen molar-refractivity contribution >= 4 is 28.5 Å². The molecule has 0 aliphatic rings. The smallest absolute Gasteiger partial charge is 0.335 e. The van der Waals surface area contributed by atoms with Crippen molar-refractivity contribution in [1.29, 1.82) is 5.26 Å². The van der Waals surface area contributed by atoms with Gasteiger partial charge in [-0.3, -0.25) is 9.36 Å². The molecule has 0 saturated carbocycles. The minimum atomic E-state index is -3.41. The van der Waals surface area contributed by atoms with E-state index in [2.05, 4.69) is 4.98 Å². The zero-order chi connectivity index (χ0) is 28.4. The Morgan fingerprint density at radius 2 is 1.90 bits per heavy atom. The number of ether oxygens (including phenoxy) is 1. The molecule has 4 aromatic rings. The third-order valence-corrected chi connectivity index (χ3v) is 6.25. The average Bonchev–Trinajstić information content (AvgIpc) is 2.89.